The Bertz CT molecular complexity index is 1330. The number of carbonyl (C=O) groups is 2. The van der Waals surface area contributed by atoms with Crippen LogP contribution in [0.1, 0.15) is 104 Å². The van der Waals surface area contributed by atoms with Crippen LogP contribution in [0, 0.1) is 12.8 Å². The highest BCUT2D eigenvalue weighted by atomic mass is 19.4. The first-order chi connectivity index (χ1) is 20.3. The molecule has 14 heteroatoms. The van der Waals surface area contributed by atoms with Gasteiger partial charge < -0.3 is 23.7 Å². The van der Waals surface area contributed by atoms with Gasteiger partial charge in [-0.15, -0.1) is 10.2 Å². The van der Waals surface area contributed by atoms with E-state index in [1.165, 1.54) is 6.07 Å². The van der Waals surface area contributed by atoms with Crippen LogP contribution in [0.25, 0.3) is 11.6 Å². The topological polar surface area (TPSA) is 137 Å². The standard InChI is InChI=1S/C30H41F3N4O7/c1-17-15-20(37(25(38)43-27(2,3)4)26(39)44-28(5,6)7)21-23-35-36-24(42-23)29(40,30(31,32)33)14-10-8-9-11-19(16-18-12-13-18)41-22(17)34-21/h15,18-19,40H,8-14,16H2,1-7H3/t19?,29-/m1/s1. The van der Waals surface area contributed by atoms with Crippen molar-refractivity contribution in [1.82, 2.24) is 15.2 Å². The molecule has 11 nitrogen and oxygen atoms in total. The normalized spacial score (nSPS) is 21.6. The zero-order valence-corrected chi connectivity index (χ0v) is 26.2. The van der Waals surface area contributed by atoms with Crippen molar-refractivity contribution >= 4 is 17.9 Å². The number of amides is 2. The van der Waals surface area contributed by atoms with Crippen molar-refractivity contribution in [1.29, 1.82) is 0 Å². The van der Waals surface area contributed by atoms with Crippen molar-refractivity contribution in [2.75, 3.05) is 4.90 Å². The van der Waals surface area contributed by atoms with Crippen molar-refractivity contribution in [3.8, 4) is 17.5 Å². The third-order valence-corrected chi connectivity index (χ3v) is 7.13. The Kier molecular flexibility index (Phi) is 9.26. The monoisotopic (exact) mass is 626 g/mol. The number of aliphatic hydroxyl groups is 1. The Balaban J connectivity index is 1.92. The lowest BCUT2D eigenvalue weighted by molar-refractivity contribution is -0.277. The van der Waals surface area contributed by atoms with E-state index < -0.39 is 53.4 Å². The molecule has 1 aliphatic carbocycles. The minimum atomic E-state index is -5.13. The van der Waals surface area contributed by atoms with Crippen molar-refractivity contribution in [2.45, 2.75) is 129 Å². The second-order valence-electron chi connectivity index (χ2n) is 13.6. The molecule has 2 aromatic heterocycles. The molecule has 2 atom stereocenters. The number of aromatic nitrogens is 3. The van der Waals surface area contributed by atoms with E-state index in [0.29, 0.717) is 35.6 Å². The molecule has 1 unspecified atom stereocenters. The molecule has 4 bridgehead atoms. The first-order valence-electron chi connectivity index (χ1n) is 14.9. The second-order valence-corrected chi connectivity index (χ2v) is 13.6. The number of hydrogen-bond donors (Lipinski definition) is 1. The molecule has 2 aliphatic rings. The van der Waals surface area contributed by atoms with Crippen LogP contribution in [0.4, 0.5) is 28.4 Å². The summed E-state index contributed by atoms with van der Waals surface area (Å²) in [7, 11) is 0. The van der Waals surface area contributed by atoms with Crippen molar-refractivity contribution in [2.24, 2.45) is 5.92 Å². The number of alkyl halides is 3. The van der Waals surface area contributed by atoms with Crippen molar-refractivity contribution in [3.05, 3.63) is 17.5 Å². The summed E-state index contributed by atoms with van der Waals surface area (Å²) < 4.78 is 65.5. The number of fused-ring (bicyclic) bond motifs is 5. The third-order valence-electron chi connectivity index (χ3n) is 7.13. The number of carbonyl (C=O) groups excluding carboxylic acids is 2. The van der Waals surface area contributed by atoms with Gasteiger partial charge >= 0.3 is 18.4 Å². The number of hydrogen-bond acceptors (Lipinski definition) is 10. The molecular formula is C30H41F3N4O7. The highest BCUT2D eigenvalue weighted by Gasteiger charge is 2.58. The van der Waals surface area contributed by atoms with Gasteiger partial charge in [0.1, 0.15) is 17.3 Å². The lowest BCUT2D eigenvalue weighted by Gasteiger charge is -2.29. The van der Waals surface area contributed by atoms with E-state index in [-0.39, 0.29) is 29.8 Å². The Morgan fingerprint density at radius 3 is 2.16 bits per heavy atom. The fraction of sp³-hybridized carbons (Fsp3) is 0.700. The van der Waals surface area contributed by atoms with Crippen LogP contribution in [0.3, 0.4) is 0 Å². The summed E-state index contributed by atoms with van der Waals surface area (Å²) in [6.45, 7) is 11.3. The van der Waals surface area contributed by atoms with E-state index in [1.807, 2.05) is 0 Å². The average molecular weight is 627 g/mol. The SMILES string of the molecule is Cc1cc(N(C(=O)OC(C)(C)C)C(=O)OC(C)(C)C)c2nc1OC(CC1CC1)CCCCC[C@](O)(C(F)(F)F)c1nnc-2o1. The first-order valence-corrected chi connectivity index (χ1v) is 14.9. The van der Waals surface area contributed by atoms with Crippen molar-refractivity contribution < 1.29 is 46.5 Å². The third kappa shape index (κ3) is 7.99. The Labute approximate surface area is 254 Å². The van der Waals surface area contributed by atoms with E-state index in [4.69, 9.17) is 18.6 Å². The Morgan fingerprint density at radius 1 is 1.00 bits per heavy atom. The number of aryl methyl sites for hydroxylation is 1. The molecule has 1 saturated carbocycles. The van der Waals surface area contributed by atoms with E-state index >= 15 is 0 Å². The molecule has 0 spiro atoms. The molecule has 0 saturated heterocycles. The van der Waals surface area contributed by atoms with Crippen LogP contribution in [-0.4, -0.2) is 56.0 Å². The highest BCUT2D eigenvalue weighted by molar-refractivity contribution is 6.11. The molecule has 3 heterocycles. The Hall–Kier alpha value is -3.42. The molecule has 4 rings (SSSR count). The van der Waals surface area contributed by atoms with Crippen LogP contribution in [-0.2, 0) is 15.1 Å². The van der Waals surface area contributed by atoms with Gasteiger partial charge in [-0.3, -0.25) is 0 Å². The summed E-state index contributed by atoms with van der Waals surface area (Å²) in [6, 6.07) is 1.41. The predicted molar refractivity (Wildman–Crippen MR) is 152 cm³/mol. The summed E-state index contributed by atoms with van der Waals surface area (Å²) in [5, 5.41) is 18.2. The summed E-state index contributed by atoms with van der Waals surface area (Å²) in [5.41, 5.74) is -5.62. The summed E-state index contributed by atoms with van der Waals surface area (Å²) in [5.74, 6) is -1.04. The molecule has 44 heavy (non-hydrogen) atoms. The van der Waals surface area contributed by atoms with Gasteiger partial charge in [-0.25, -0.2) is 14.6 Å². The van der Waals surface area contributed by atoms with E-state index in [0.717, 1.165) is 19.3 Å². The molecule has 0 radical (unpaired) electrons. The van der Waals surface area contributed by atoms with Crippen LogP contribution in [0.2, 0.25) is 0 Å². The zero-order valence-electron chi connectivity index (χ0n) is 26.2. The molecule has 244 valence electrons. The molecule has 2 amide bonds. The summed E-state index contributed by atoms with van der Waals surface area (Å²) >= 11 is 0. The highest BCUT2D eigenvalue weighted by Crippen LogP contribution is 2.44. The van der Waals surface area contributed by atoms with Crippen molar-refractivity contribution in [3.63, 3.8) is 0 Å². The number of pyridine rings is 1. The molecular weight excluding hydrogens is 585 g/mol. The number of imide groups is 1. The van der Waals surface area contributed by atoms with Gasteiger partial charge in [0.05, 0.1) is 5.69 Å². The number of nitrogens with zero attached hydrogens (tertiary/aromatic N) is 4. The summed E-state index contributed by atoms with van der Waals surface area (Å²) in [4.78, 5) is 32.1. The van der Waals surface area contributed by atoms with Crippen LogP contribution in [0.5, 0.6) is 5.88 Å². The quantitative estimate of drug-likeness (QED) is 0.367. The lowest BCUT2D eigenvalue weighted by atomic mass is 9.94. The molecule has 1 aliphatic heterocycles. The average Bonchev–Trinajstić information content (AvgIpc) is 3.53. The van der Waals surface area contributed by atoms with Crippen LogP contribution < -0.4 is 9.64 Å². The maximum absolute atomic E-state index is 14.2. The Morgan fingerprint density at radius 2 is 1.61 bits per heavy atom. The van der Waals surface area contributed by atoms with Gasteiger partial charge in [0.15, 0.2) is 5.69 Å². The number of anilines is 1. The first kappa shape index (κ1) is 33.5. The fourth-order valence-electron chi connectivity index (χ4n) is 4.81. The zero-order chi connectivity index (χ0) is 32.7. The van der Waals surface area contributed by atoms with Gasteiger partial charge in [-0.05, 0) is 92.6 Å². The number of halogens is 3. The van der Waals surface area contributed by atoms with Crippen LogP contribution in [0.15, 0.2) is 10.5 Å². The largest absolute Gasteiger partial charge is 0.474 e. The lowest BCUT2D eigenvalue weighted by Crippen LogP contribution is -2.44. The molecule has 0 aromatic carbocycles. The maximum atomic E-state index is 14.2. The van der Waals surface area contributed by atoms with Gasteiger partial charge in [-0.1, -0.05) is 19.3 Å². The predicted octanol–water partition coefficient (Wildman–Crippen LogP) is 7.38. The minimum Gasteiger partial charge on any atom is -0.474 e. The van der Waals surface area contributed by atoms with Gasteiger partial charge in [0.2, 0.25) is 11.5 Å². The van der Waals surface area contributed by atoms with Gasteiger partial charge in [0.25, 0.3) is 11.8 Å². The maximum Gasteiger partial charge on any atom is 0.426 e. The van der Waals surface area contributed by atoms with Gasteiger partial charge in [0, 0.05) is 5.56 Å². The smallest absolute Gasteiger partial charge is 0.426 e. The molecule has 1 fully saturated rings. The second kappa shape index (κ2) is 12.2. The van der Waals surface area contributed by atoms with E-state index in [1.54, 1.807) is 48.5 Å². The van der Waals surface area contributed by atoms with Gasteiger partial charge in [-0.2, -0.15) is 18.1 Å². The van der Waals surface area contributed by atoms with E-state index in [2.05, 4.69) is 15.2 Å². The summed E-state index contributed by atoms with van der Waals surface area (Å²) in [6.07, 6.45) is -3.88. The number of ether oxygens (including phenoxy) is 3. The molecule has 2 aromatic rings. The van der Waals surface area contributed by atoms with Crippen LogP contribution >= 0.6 is 0 Å². The van der Waals surface area contributed by atoms with E-state index in [9.17, 15) is 27.9 Å². The minimum absolute atomic E-state index is 0.0444. The molecule has 1 N–H and O–H groups in total. The fourth-order valence-corrected chi connectivity index (χ4v) is 4.81. The number of rotatable bonds is 3.